The van der Waals surface area contributed by atoms with E-state index in [1.165, 1.54) is 7.11 Å². The number of nitrogens with one attached hydrogen (secondary N) is 1. The van der Waals surface area contributed by atoms with Gasteiger partial charge in [-0.25, -0.2) is 0 Å². The van der Waals surface area contributed by atoms with Crippen molar-refractivity contribution in [1.29, 1.82) is 0 Å². The molecule has 0 amide bonds. The highest BCUT2D eigenvalue weighted by Gasteiger charge is 2.37. The van der Waals surface area contributed by atoms with Crippen molar-refractivity contribution < 1.29 is 13.9 Å². The third-order valence-electron chi connectivity index (χ3n) is 3.17. The Morgan fingerprint density at radius 3 is 2.71 bits per heavy atom. The maximum absolute atomic E-state index is 11.7. The highest BCUT2D eigenvalue weighted by molar-refractivity contribution is 5.76. The molecule has 2 rings (SSSR count). The van der Waals surface area contributed by atoms with Crippen LogP contribution in [0.5, 0.6) is 0 Å². The van der Waals surface area contributed by atoms with Crippen LogP contribution >= 0.6 is 0 Å². The Morgan fingerprint density at radius 2 is 2.24 bits per heavy atom. The SMILES string of the molecule is COC(=O)C(NC(C)c1ccc(C)o1)C1CC1. The van der Waals surface area contributed by atoms with E-state index in [0.29, 0.717) is 5.92 Å². The fourth-order valence-corrected chi connectivity index (χ4v) is 1.99. The van der Waals surface area contributed by atoms with Crippen molar-refractivity contribution in [3.63, 3.8) is 0 Å². The second-order valence-electron chi connectivity index (χ2n) is 4.68. The summed E-state index contributed by atoms with van der Waals surface area (Å²) in [6, 6.07) is 3.68. The van der Waals surface area contributed by atoms with Crippen molar-refractivity contribution in [1.82, 2.24) is 5.32 Å². The Kier molecular flexibility index (Phi) is 3.52. The lowest BCUT2D eigenvalue weighted by Gasteiger charge is -2.19. The zero-order valence-electron chi connectivity index (χ0n) is 10.5. The number of esters is 1. The van der Waals surface area contributed by atoms with Gasteiger partial charge in [-0.1, -0.05) is 0 Å². The van der Waals surface area contributed by atoms with Crippen LogP contribution in [0.15, 0.2) is 16.5 Å². The Bertz CT molecular complexity index is 395. The van der Waals surface area contributed by atoms with Crippen molar-refractivity contribution in [2.45, 2.75) is 38.8 Å². The van der Waals surface area contributed by atoms with E-state index in [-0.39, 0.29) is 18.1 Å². The highest BCUT2D eigenvalue weighted by atomic mass is 16.5. The van der Waals surface area contributed by atoms with Crippen molar-refractivity contribution in [2.24, 2.45) is 5.92 Å². The Hall–Kier alpha value is -1.29. The van der Waals surface area contributed by atoms with Crippen LogP contribution < -0.4 is 5.32 Å². The predicted octanol–water partition coefficient (Wildman–Crippen LogP) is 2.19. The van der Waals surface area contributed by atoms with Crippen LogP contribution in [-0.2, 0) is 9.53 Å². The molecule has 0 spiro atoms. The fraction of sp³-hybridized carbons (Fsp3) is 0.615. The maximum atomic E-state index is 11.7. The van der Waals surface area contributed by atoms with E-state index in [1.807, 2.05) is 26.0 Å². The summed E-state index contributed by atoms with van der Waals surface area (Å²) < 4.78 is 10.4. The molecule has 0 aliphatic heterocycles. The Balaban J connectivity index is 2.00. The molecule has 1 fully saturated rings. The lowest BCUT2D eigenvalue weighted by Crippen LogP contribution is -2.40. The van der Waals surface area contributed by atoms with Gasteiger partial charge in [0, 0.05) is 0 Å². The van der Waals surface area contributed by atoms with Crippen LogP contribution in [0.1, 0.15) is 37.3 Å². The summed E-state index contributed by atoms with van der Waals surface area (Å²) >= 11 is 0. The zero-order valence-corrected chi connectivity index (χ0v) is 10.5. The molecule has 4 nitrogen and oxygen atoms in total. The largest absolute Gasteiger partial charge is 0.468 e. The smallest absolute Gasteiger partial charge is 0.323 e. The van der Waals surface area contributed by atoms with Gasteiger partial charge < -0.3 is 9.15 Å². The molecule has 1 N–H and O–H groups in total. The number of methoxy groups -OCH3 is 1. The molecule has 0 aromatic carbocycles. The number of ether oxygens (including phenoxy) is 1. The molecule has 94 valence electrons. The van der Waals surface area contributed by atoms with Gasteiger partial charge in [-0.15, -0.1) is 0 Å². The van der Waals surface area contributed by atoms with Crippen LogP contribution in [-0.4, -0.2) is 19.1 Å². The number of carbonyl (C=O) groups is 1. The van der Waals surface area contributed by atoms with Gasteiger partial charge in [0.1, 0.15) is 17.6 Å². The minimum Gasteiger partial charge on any atom is -0.468 e. The number of carbonyl (C=O) groups excluding carboxylic acids is 1. The molecule has 4 heteroatoms. The molecule has 1 heterocycles. The third kappa shape index (κ3) is 2.88. The quantitative estimate of drug-likeness (QED) is 0.797. The maximum Gasteiger partial charge on any atom is 0.323 e. The lowest BCUT2D eigenvalue weighted by molar-refractivity contribution is -0.144. The second-order valence-corrected chi connectivity index (χ2v) is 4.68. The van der Waals surface area contributed by atoms with Gasteiger partial charge in [-0.2, -0.15) is 0 Å². The van der Waals surface area contributed by atoms with E-state index < -0.39 is 0 Å². The van der Waals surface area contributed by atoms with E-state index in [4.69, 9.17) is 9.15 Å². The van der Waals surface area contributed by atoms with E-state index in [9.17, 15) is 4.79 Å². The molecular weight excluding hydrogens is 218 g/mol. The van der Waals surface area contributed by atoms with Crippen molar-refractivity contribution in [3.05, 3.63) is 23.7 Å². The summed E-state index contributed by atoms with van der Waals surface area (Å²) in [5.74, 6) is 1.98. The van der Waals surface area contributed by atoms with Crippen LogP contribution in [0.4, 0.5) is 0 Å². The molecule has 1 aromatic rings. The van der Waals surface area contributed by atoms with Crippen LogP contribution in [0.3, 0.4) is 0 Å². The average molecular weight is 237 g/mol. The summed E-state index contributed by atoms with van der Waals surface area (Å²) in [5.41, 5.74) is 0. The molecule has 0 saturated heterocycles. The van der Waals surface area contributed by atoms with Crippen LogP contribution in [0.2, 0.25) is 0 Å². The van der Waals surface area contributed by atoms with Gasteiger partial charge in [0.05, 0.1) is 13.2 Å². The fourth-order valence-electron chi connectivity index (χ4n) is 1.99. The van der Waals surface area contributed by atoms with Gasteiger partial charge in [0.25, 0.3) is 0 Å². The Morgan fingerprint density at radius 1 is 1.53 bits per heavy atom. The monoisotopic (exact) mass is 237 g/mol. The second kappa shape index (κ2) is 4.92. The minimum atomic E-state index is -0.208. The van der Waals surface area contributed by atoms with Crippen molar-refractivity contribution >= 4 is 5.97 Å². The number of furan rings is 1. The average Bonchev–Trinajstić information content (AvgIpc) is 3.06. The van der Waals surface area contributed by atoms with E-state index in [1.54, 1.807) is 0 Å². The molecule has 2 atom stereocenters. The van der Waals surface area contributed by atoms with Crippen molar-refractivity contribution in [3.8, 4) is 0 Å². The minimum absolute atomic E-state index is 0.0217. The number of aryl methyl sites for hydroxylation is 1. The van der Waals surface area contributed by atoms with Gasteiger partial charge in [-0.05, 0) is 44.7 Å². The number of rotatable bonds is 5. The molecule has 0 radical (unpaired) electrons. The normalized spacial score (nSPS) is 18.8. The lowest BCUT2D eigenvalue weighted by atomic mass is 10.1. The van der Waals surface area contributed by atoms with Crippen molar-refractivity contribution in [2.75, 3.05) is 7.11 Å². The van der Waals surface area contributed by atoms with E-state index in [2.05, 4.69) is 5.32 Å². The standard InChI is InChI=1S/C13H19NO3/c1-8-4-7-11(17-8)9(2)14-12(10-5-6-10)13(15)16-3/h4,7,9-10,12,14H,5-6H2,1-3H3. The van der Waals surface area contributed by atoms with Gasteiger partial charge in [0.2, 0.25) is 0 Å². The summed E-state index contributed by atoms with van der Waals surface area (Å²) in [4.78, 5) is 11.7. The van der Waals surface area contributed by atoms with E-state index in [0.717, 1.165) is 24.4 Å². The van der Waals surface area contributed by atoms with E-state index >= 15 is 0 Å². The molecular formula is C13H19NO3. The summed E-state index contributed by atoms with van der Waals surface area (Å²) in [7, 11) is 1.43. The number of hydrogen-bond donors (Lipinski definition) is 1. The van der Waals surface area contributed by atoms with Crippen LogP contribution in [0, 0.1) is 12.8 Å². The molecule has 1 saturated carbocycles. The van der Waals surface area contributed by atoms with Gasteiger partial charge in [0.15, 0.2) is 0 Å². The molecule has 17 heavy (non-hydrogen) atoms. The topological polar surface area (TPSA) is 51.5 Å². The first kappa shape index (κ1) is 12.2. The first-order valence-electron chi connectivity index (χ1n) is 6.02. The molecule has 1 aliphatic carbocycles. The summed E-state index contributed by atoms with van der Waals surface area (Å²) in [6.07, 6.45) is 2.19. The Labute approximate surface area is 101 Å². The van der Waals surface area contributed by atoms with Gasteiger partial charge in [-0.3, -0.25) is 10.1 Å². The molecule has 0 bridgehead atoms. The molecule has 1 aliphatic rings. The first-order valence-corrected chi connectivity index (χ1v) is 6.02. The first-order chi connectivity index (χ1) is 8.11. The highest BCUT2D eigenvalue weighted by Crippen LogP contribution is 2.34. The molecule has 2 unspecified atom stereocenters. The third-order valence-corrected chi connectivity index (χ3v) is 3.17. The predicted molar refractivity (Wildman–Crippen MR) is 63.5 cm³/mol. The molecule has 1 aromatic heterocycles. The van der Waals surface area contributed by atoms with Crippen LogP contribution in [0.25, 0.3) is 0 Å². The zero-order chi connectivity index (χ0) is 12.4. The summed E-state index contributed by atoms with van der Waals surface area (Å²) in [6.45, 7) is 3.91. The number of hydrogen-bond acceptors (Lipinski definition) is 4. The van der Waals surface area contributed by atoms with Gasteiger partial charge >= 0.3 is 5.97 Å². The summed E-state index contributed by atoms with van der Waals surface area (Å²) in [5, 5.41) is 3.29.